The molecule has 1 aliphatic rings. The Hall–Kier alpha value is -2.58. The Bertz CT molecular complexity index is 859. The second-order valence-corrected chi connectivity index (χ2v) is 7.03. The number of rotatable bonds is 5. The summed E-state index contributed by atoms with van der Waals surface area (Å²) in [4.78, 5) is 3.88. The fraction of sp³-hybridized carbons (Fsp3) is 0.444. The van der Waals surface area contributed by atoms with Crippen molar-refractivity contribution in [1.82, 2.24) is 34.7 Å². The molecule has 136 valence electrons. The van der Waals surface area contributed by atoms with Crippen LogP contribution < -0.4 is 0 Å². The van der Waals surface area contributed by atoms with Gasteiger partial charge in [0.25, 0.3) is 0 Å². The van der Waals surface area contributed by atoms with E-state index in [4.69, 9.17) is 0 Å². The molecule has 0 amide bonds. The van der Waals surface area contributed by atoms with E-state index in [2.05, 4.69) is 25.3 Å². The third-order valence-electron chi connectivity index (χ3n) is 4.84. The summed E-state index contributed by atoms with van der Waals surface area (Å²) in [6, 6.07) is 9.86. The van der Waals surface area contributed by atoms with E-state index in [0.717, 1.165) is 36.6 Å². The molecule has 4 rings (SSSR count). The first kappa shape index (κ1) is 16.9. The number of β-amino-alcohol motifs (C(OH)–C–C–N with tert-alkyl or cyclic N) is 1. The Morgan fingerprint density at radius 3 is 2.85 bits per heavy atom. The van der Waals surface area contributed by atoms with Crippen LogP contribution in [0.5, 0.6) is 0 Å². The van der Waals surface area contributed by atoms with Gasteiger partial charge in [-0.05, 0) is 31.5 Å². The summed E-state index contributed by atoms with van der Waals surface area (Å²) in [7, 11) is 1.90. The van der Waals surface area contributed by atoms with Gasteiger partial charge in [-0.15, -0.1) is 10.2 Å². The third-order valence-corrected chi connectivity index (χ3v) is 4.84. The van der Waals surface area contributed by atoms with Gasteiger partial charge in [-0.1, -0.05) is 18.2 Å². The standard InChI is InChI=1S/C18H23N7O/c1-23-14-19-21-17(23)10-18(26)8-5-9-24(13-18)12-15-11-20-25(22-15)16-6-3-2-4-7-16/h2-4,6-7,11,14,26H,5,8-10,12-13H2,1H3. The number of hydrogen-bond donors (Lipinski definition) is 1. The largest absolute Gasteiger partial charge is 0.388 e. The van der Waals surface area contributed by atoms with Gasteiger partial charge in [0.2, 0.25) is 0 Å². The van der Waals surface area contributed by atoms with Crippen LogP contribution in [0.1, 0.15) is 24.4 Å². The van der Waals surface area contributed by atoms with E-state index in [0.29, 0.717) is 19.5 Å². The lowest BCUT2D eigenvalue weighted by Gasteiger charge is -2.38. The number of aromatic nitrogens is 6. The van der Waals surface area contributed by atoms with Gasteiger partial charge in [-0.2, -0.15) is 15.0 Å². The topological polar surface area (TPSA) is 84.9 Å². The van der Waals surface area contributed by atoms with E-state index in [1.165, 1.54) is 0 Å². The van der Waals surface area contributed by atoms with Crippen molar-refractivity contribution in [3.05, 3.63) is 54.4 Å². The third kappa shape index (κ3) is 3.66. The summed E-state index contributed by atoms with van der Waals surface area (Å²) in [6.07, 6.45) is 5.69. The van der Waals surface area contributed by atoms with Crippen molar-refractivity contribution in [3.63, 3.8) is 0 Å². The first-order valence-corrected chi connectivity index (χ1v) is 8.86. The minimum atomic E-state index is -0.783. The van der Waals surface area contributed by atoms with E-state index in [1.807, 2.05) is 41.9 Å². The SMILES string of the molecule is Cn1cnnc1CC1(O)CCCN(Cc2cnn(-c3ccccc3)n2)C1. The predicted molar refractivity (Wildman–Crippen MR) is 95.5 cm³/mol. The molecule has 0 bridgehead atoms. The highest BCUT2D eigenvalue weighted by molar-refractivity contribution is 5.28. The van der Waals surface area contributed by atoms with Crippen LogP contribution in [0.25, 0.3) is 5.69 Å². The molecule has 1 aliphatic heterocycles. The Morgan fingerprint density at radius 1 is 1.23 bits per heavy atom. The van der Waals surface area contributed by atoms with Crippen molar-refractivity contribution in [2.24, 2.45) is 7.05 Å². The average molecular weight is 353 g/mol. The van der Waals surface area contributed by atoms with E-state index >= 15 is 0 Å². The zero-order valence-electron chi connectivity index (χ0n) is 14.9. The summed E-state index contributed by atoms with van der Waals surface area (Å²) in [6.45, 7) is 2.21. The maximum absolute atomic E-state index is 11.0. The highest BCUT2D eigenvalue weighted by Crippen LogP contribution is 2.25. The number of likely N-dealkylation sites (tertiary alicyclic amines) is 1. The van der Waals surface area contributed by atoms with Crippen LogP contribution in [-0.4, -0.2) is 58.5 Å². The molecular weight excluding hydrogens is 330 g/mol. The molecule has 26 heavy (non-hydrogen) atoms. The molecule has 0 aliphatic carbocycles. The van der Waals surface area contributed by atoms with E-state index in [9.17, 15) is 5.11 Å². The molecule has 3 heterocycles. The van der Waals surface area contributed by atoms with Gasteiger partial charge >= 0.3 is 0 Å². The Balaban J connectivity index is 1.42. The number of aliphatic hydroxyl groups is 1. The number of benzene rings is 1. The van der Waals surface area contributed by atoms with Crippen LogP contribution in [-0.2, 0) is 20.0 Å². The van der Waals surface area contributed by atoms with Crippen LogP contribution in [0.2, 0.25) is 0 Å². The maximum atomic E-state index is 11.0. The van der Waals surface area contributed by atoms with Crippen LogP contribution in [0.4, 0.5) is 0 Å². The molecule has 0 saturated carbocycles. The molecule has 1 saturated heterocycles. The zero-order chi connectivity index (χ0) is 18.0. The van der Waals surface area contributed by atoms with Gasteiger partial charge in [-0.3, -0.25) is 4.90 Å². The molecule has 1 fully saturated rings. The number of aryl methyl sites for hydroxylation is 1. The minimum absolute atomic E-state index is 0.511. The summed E-state index contributed by atoms with van der Waals surface area (Å²) >= 11 is 0. The lowest BCUT2D eigenvalue weighted by Crippen LogP contribution is -2.49. The van der Waals surface area contributed by atoms with Crippen molar-refractivity contribution in [2.75, 3.05) is 13.1 Å². The molecular formula is C18H23N7O. The first-order valence-electron chi connectivity index (χ1n) is 8.86. The van der Waals surface area contributed by atoms with Crippen LogP contribution in [0.3, 0.4) is 0 Å². The second-order valence-electron chi connectivity index (χ2n) is 7.03. The van der Waals surface area contributed by atoms with Gasteiger partial charge in [-0.25, -0.2) is 0 Å². The Labute approximate surface area is 152 Å². The summed E-state index contributed by atoms with van der Waals surface area (Å²) < 4.78 is 1.86. The number of nitrogens with zero attached hydrogens (tertiary/aromatic N) is 7. The van der Waals surface area contributed by atoms with Crippen molar-refractivity contribution < 1.29 is 5.11 Å². The van der Waals surface area contributed by atoms with Gasteiger partial charge < -0.3 is 9.67 Å². The monoisotopic (exact) mass is 353 g/mol. The smallest absolute Gasteiger partial charge is 0.135 e. The molecule has 3 aromatic rings. The molecule has 0 radical (unpaired) electrons. The van der Waals surface area contributed by atoms with Crippen molar-refractivity contribution >= 4 is 0 Å². The summed E-state index contributed by atoms with van der Waals surface area (Å²) in [5.74, 6) is 0.810. The molecule has 2 aromatic heterocycles. The fourth-order valence-corrected chi connectivity index (χ4v) is 3.53. The van der Waals surface area contributed by atoms with Crippen molar-refractivity contribution in [3.8, 4) is 5.69 Å². The number of hydrogen-bond acceptors (Lipinski definition) is 6. The highest BCUT2D eigenvalue weighted by Gasteiger charge is 2.35. The minimum Gasteiger partial charge on any atom is -0.388 e. The quantitative estimate of drug-likeness (QED) is 0.736. The zero-order valence-corrected chi connectivity index (χ0v) is 14.9. The fourth-order valence-electron chi connectivity index (χ4n) is 3.53. The van der Waals surface area contributed by atoms with Crippen molar-refractivity contribution in [1.29, 1.82) is 0 Å². The summed E-state index contributed by atoms with van der Waals surface area (Å²) in [5.41, 5.74) is 1.06. The van der Waals surface area contributed by atoms with Gasteiger partial charge in [0, 0.05) is 26.6 Å². The van der Waals surface area contributed by atoms with E-state index < -0.39 is 5.60 Å². The van der Waals surface area contributed by atoms with Crippen LogP contribution in [0, 0.1) is 0 Å². The first-order chi connectivity index (χ1) is 12.6. The lowest BCUT2D eigenvalue weighted by atomic mass is 9.89. The molecule has 0 spiro atoms. The van der Waals surface area contributed by atoms with Gasteiger partial charge in [0.05, 0.1) is 23.2 Å². The van der Waals surface area contributed by atoms with Crippen LogP contribution in [0.15, 0.2) is 42.9 Å². The normalized spacial score (nSPS) is 21.2. The molecule has 1 unspecified atom stereocenters. The Morgan fingerprint density at radius 2 is 2.08 bits per heavy atom. The predicted octanol–water partition coefficient (Wildman–Crippen LogP) is 0.965. The van der Waals surface area contributed by atoms with E-state index in [1.54, 1.807) is 17.3 Å². The van der Waals surface area contributed by atoms with E-state index in [-0.39, 0.29) is 0 Å². The number of para-hydroxylation sites is 1. The molecule has 1 aromatic carbocycles. The molecule has 8 nitrogen and oxygen atoms in total. The lowest BCUT2D eigenvalue weighted by molar-refractivity contribution is -0.0348. The maximum Gasteiger partial charge on any atom is 0.135 e. The van der Waals surface area contributed by atoms with Gasteiger partial charge in [0.15, 0.2) is 0 Å². The average Bonchev–Trinajstić information content (AvgIpc) is 3.25. The number of piperidine rings is 1. The summed E-state index contributed by atoms with van der Waals surface area (Å²) in [5, 5.41) is 28.0. The molecule has 1 N–H and O–H groups in total. The highest BCUT2D eigenvalue weighted by atomic mass is 16.3. The van der Waals surface area contributed by atoms with Crippen molar-refractivity contribution in [2.45, 2.75) is 31.4 Å². The van der Waals surface area contributed by atoms with Gasteiger partial charge in [0.1, 0.15) is 12.2 Å². The molecule has 8 heteroatoms. The van der Waals surface area contributed by atoms with Crippen LogP contribution >= 0.6 is 0 Å². The molecule has 1 atom stereocenters. The second kappa shape index (κ2) is 6.97. The Kier molecular flexibility index (Phi) is 4.52.